The molecule has 26 heavy (non-hydrogen) atoms. The molecular weight excluding hydrogens is 324 g/mol. The van der Waals surface area contributed by atoms with Crippen LogP contribution in [0.25, 0.3) is 0 Å². The number of fused-ring (bicyclic) bond motifs is 1. The van der Waals surface area contributed by atoms with Crippen LogP contribution in [0.4, 0.5) is 0 Å². The molecule has 3 atom stereocenters. The molecular formula is C21H28N4O. The Morgan fingerprint density at radius 1 is 1.15 bits per heavy atom. The van der Waals surface area contributed by atoms with Crippen molar-refractivity contribution in [3.8, 4) is 0 Å². The summed E-state index contributed by atoms with van der Waals surface area (Å²) in [7, 11) is 4.18. The maximum atomic E-state index is 12.0. The van der Waals surface area contributed by atoms with E-state index in [1.54, 1.807) is 0 Å². The molecule has 4 rings (SSSR count). The molecule has 0 bridgehead atoms. The van der Waals surface area contributed by atoms with Crippen molar-refractivity contribution < 1.29 is 4.79 Å². The van der Waals surface area contributed by atoms with Crippen LogP contribution in [-0.2, 0) is 17.9 Å². The molecule has 2 aliphatic rings. The van der Waals surface area contributed by atoms with Gasteiger partial charge in [-0.3, -0.25) is 14.4 Å². The molecule has 1 saturated heterocycles. The highest BCUT2D eigenvalue weighted by molar-refractivity contribution is 5.77. The van der Waals surface area contributed by atoms with E-state index in [-0.39, 0.29) is 0 Å². The fraction of sp³-hybridized carbons (Fsp3) is 0.524. The Bertz CT molecular complexity index is 757. The quantitative estimate of drug-likeness (QED) is 0.831. The van der Waals surface area contributed by atoms with Crippen LogP contribution in [0.1, 0.15) is 30.4 Å². The molecule has 1 aromatic carbocycles. The van der Waals surface area contributed by atoms with Crippen LogP contribution in [0, 0.1) is 11.8 Å². The molecule has 5 heteroatoms. The van der Waals surface area contributed by atoms with Gasteiger partial charge in [-0.15, -0.1) is 0 Å². The molecule has 0 spiro atoms. The Kier molecular flexibility index (Phi) is 4.81. The van der Waals surface area contributed by atoms with Crippen LogP contribution in [0.3, 0.4) is 0 Å². The molecule has 1 saturated carbocycles. The SMILES string of the molecule is CN1C[C@H]2C[C@@H](N(C)Cc3ccccc3Cn3cccn3)C[C@H]2CC1=O. The lowest BCUT2D eigenvalue weighted by molar-refractivity contribution is -0.134. The highest BCUT2D eigenvalue weighted by Crippen LogP contribution is 2.40. The highest BCUT2D eigenvalue weighted by Gasteiger charge is 2.41. The van der Waals surface area contributed by atoms with Gasteiger partial charge in [0.1, 0.15) is 0 Å². The lowest BCUT2D eigenvalue weighted by Crippen LogP contribution is -2.39. The van der Waals surface area contributed by atoms with Crippen LogP contribution in [0.2, 0.25) is 0 Å². The predicted molar refractivity (Wildman–Crippen MR) is 101 cm³/mol. The number of carbonyl (C=O) groups is 1. The van der Waals surface area contributed by atoms with Gasteiger partial charge in [-0.1, -0.05) is 24.3 Å². The zero-order chi connectivity index (χ0) is 18.1. The van der Waals surface area contributed by atoms with Crippen molar-refractivity contribution in [1.29, 1.82) is 0 Å². The second-order valence-electron chi connectivity index (χ2n) is 8.01. The lowest BCUT2D eigenvalue weighted by atomic mass is 9.88. The minimum Gasteiger partial charge on any atom is -0.345 e. The first-order valence-electron chi connectivity index (χ1n) is 9.58. The Morgan fingerprint density at radius 2 is 1.92 bits per heavy atom. The van der Waals surface area contributed by atoms with Gasteiger partial charge >= 0.3 is 0 Å². The van der Waals surface area contributed by atoms with E-state index in [2.05, 4.69) is 41.3 Å². The molecule has 1 aromatic heterocycles. The molecule has 0 radical (unpaired) electrons. The largest absolute Gasteiger partial charge is 0.345 e. The van der Waals surface area contributed by atoms with Crippen molar-refractivity contribution in [2.75, 3.05) is 20.6 Å². The van der Waals surface area contributed by atoms with E-state index in [0.717, 1.165) is 32.5 Å². The topological polar surface area (TPSA) is 41.4 Å². The van der Waals surface area contributed by atoms with Gasteiger partial charge < -0.3 is 4.90 Å². The van der Waals surface area contributed by atoms with E-state index in [4.69, 9.17) is 0 Å². The maximum Gasteiger partial charge on any atom is 0.222 e. The van der Waals surface area contributed by atoms with Crippen molar-refractivity contribution in [2.24, 2.45) is 11.8 Å². The molecule has 2 aromatic rings. The van der Waals surface area contributed by atoms with Crippen LogP contribution < -0.4 is 0 Å². The summed E-state index contributed by atoms with van der Waals surface area (Å²) in [5.41, 5.74) is 2.70. The molecule has 2 heterocycles. The van der Waals surface area contributed by atoms with Gasteiger partial charge in [-0.05, 0) is 48.9 Å². The van der Waals surface area contributed by atoms with Crippen LogP contribution in [0.15, 0.2) is 42.7 Å². The second kappa shape index (κ2) is 7.23. The van der Waals surface area contributed by atoms with E-state index in [0.29, 0.717) is 23.8 Å². The number of rotatable bonds is 5. The Labute approximate surface area is 155 Å². The smallest absolute Gasteiger partial charge is 0.222 e. The zero-order valence-electron chi connectivity index (χ0n) is 15.7. The minimum absolute atomic E-state index is 0.319. The van der Waals surface area contributed by atoms with Crippen molar-refractivity contribution in [2.45, 2.75) is 38.4 Å². The third kappa shape index (κ3) is 3.54. The molecule has 0 N–H and O–H groups in total. The first-order valence-corrected chi connectivity index (χ1v) is 9.58. The number of hydrogen-bond donors (Lipinski definition) is 0. The predicted octanol–water partition coefficient (Wildman–Crippen LogP) is 2.62. The van der Waals surface area contributed by atoms with E-state index in [1.165, 1.54) is 17.5 Å². The van der Waals surface area contributed by atoms with Crippen molar-refractivity contribution in [3.63, 3.8) is 0 Å². The Balaban J connectivity index is 1.43. The summed E-state index contributed by atoms with van der Waals surface area (Å²) in [5, 5.41) is 4.34. The van der Waals surface area contributed by atoms with Gasteiger partial charge in [-0.25, -0.2) is 0 Å². The maximum absolute atomic E-state index is 12.0. The Morgan fingerprint density at radius 3 is 2.69 bits per heavy atom. The molecule has 1 aliphatic heterocycles. The zero-order valence-corrected chi connectivity index (χ0v) is 15.7. The summed E-state index contributed by atoms with van der Waals surface area (Å²) in [4.78, 5) is 16.4. The van der Waals surface area contributed by atoms with Crippen LogP contribution in [-0.4, -0.2) is 52.2 Å². The van der Waals surface area contributed by atoms with E-state index < -0.39 is 0 Å². The molecule has 1 amide bonds. The van der Waals surface area contributed by atoms with Gasteiger partial charge in [0.25, 0.3) is 0 Å². The normalized spacial score (nSPS) is 25.7. The number of likely N-dealkylation sites (tertiary alicyclic amines) is 1. The van der Waals surface area contributed by atoms with Gasteiger partial charge in [0.05, 0.1) is 6.54 Å². The first-order chi connectivity index (χ1) is 12.6. The number of hydrogen-bond acceptors (Lipinski definition) is 3. The van der Waals surface area contributed by atoms with E-state index in [1.807, 2.05) is 35.1 Å². The van der Waals surface area contributed by atoms with Gasteiger partial charge in [0.15, 0.2) is 0 Å². The minimum atomic E-state index is 0.319. The van der Waals surface area contributed by atoms with Gasteiger partial charge in [-0.2, -0.15) is 5.10 Å². The summed E-state index contributed by atoms with van der Waals surface area (Å²) in [6.45, 7) is 2.70. The first kappa shape index (κ1) is 17.3. The van der Waals surface area contributed by atoms with Crippen molar-refractivity contribution in [3.05, 3.63) is 53.9 Å². The molecule has 1 aliphatic carbocycles. The third-order valence-electron chi connectivity index (χ3n) is 6.24. The van der Waals surface area contributed by atoms with Crippen LogP contribution in [0.5, 0.6) is 0 Å². The number of nitrogens with zero attached hydrogens (tertiary/aromatic N) is 4. The number of amides is 1. The second-order valence-corrected chi connectivity index (χ2v) is 8.01. The van der Waals surface area contributed by atoms with Gasteiger partial charge in [0, 0.05) is 45.0 Å². The van der Waals surface area contributed by atoms with Crippen LogP contribution >= 0.6 is 0 Å². The molecule has 138 valence electrons. The van der Waals surface area contributed by atoms with E-state index >= 15 is 0 Å². The summed E-state index contributed by atoms with van der Waals surface area (Å²) in [6.07, 6.45) is 6.94. The highest BCUT2D eigenvalue weighted by atomic mass is 16.2. The lowest BCUT2D eigenvalue weighted by Gasteiger charge is -2.31. The van der Waals surface area contributed by atoms with Crippen molar-refractivity contribution in [1.82, 2.24) is 19.6 Å². The molecule has 2 fully saturated rings. The third-order valence-corrected chi connectivity index (χ3v) is 6.24. The number of aromatic nitrogens is 2. The standard InChI is InChI=1S/C21H28N4O/c1-23(20-10-18-12-21(26)24(2)14-19(18)11-20)13-16-6-3-4-7-17(16)15-25-9-5-8-22-25/h3-9,18-20H,10-15H2,1-2H3/t18-,19+,20-/m0/s1. The summed E-state index contributed by atoms with van der Waals surface area (Å²) in [6, 6.07) is 11.2. The number of benzene rings is 1. The summed E-state index contributed by atoms with van der Waals surface area (Å²) < 4.78 is 1.98. The summed E-state index contributed by atoms with van der Waals surface area (Å²) in [5.74, 6) is 1.56. The summed E-state index contributed by atoms with van der Waals surface area (Å²) >= 11 is 0. The average molecular weight is 352 g/mol. The Hall–Kier alpha value is -2.14. The number of carbonyl (C=O) groups excluding carboxylic acids is 1. The average Bonchev–Trinajstić information content (AvgIpc) is 3.27. The van der Waals surface area contributed by atoms with E-state index in [9.17, 15) is 4.79 Å². The fourth-order valence-corrected chi connectivity index (χ4v) is 4.68. The fourth-order valence-electron chi connectivity index (χ4n) is 4.68. The van der Waals surface area contributed by atoms with Gasteiger partial charge in [0.2, 0.25) is 5.91 Å². The monoisotopic (exact) mass is 352 g/mol. The molecule has 0 unspecified atom stereocenters. The van der Waals surface area contributed by atoms with Crippen molar-refractivity contribution >= 4 is 5.91 Å². The number of piperidine rings is 1. The molecule has 5 nitrogen and oxygen atoms in total.